The van der Waals surface area contributed by atoms with Crippen LogP contribution in [0.3, 0.4) is 0 Å². The summed E-state index contributed by atoms with van der Waals surface area (Å²) in [5.41, 5.74) is 3.11. The van der Waals surface area contributed by atoms with Crippen LogP contribution in [0.5, 0.6) is 0 Å². The van der Waals surface area contributed by atoms with E-state index >= 15 is 0 Å². The fourth-order valence-corrected chi connectivity index (χ4v) is 4.91. The van der Waals surface area contributed by atoms with Gasteiger partial charge in [0.15, 0.2) is 11.0 Å². The number of benzene rings is 2. The fourth-order valence-electron chi connectivity index (χ4n) is 3.64. The quantitative estimate of drug-likeness (QED) is 0.285. The average molecular weight is 506 g/mol. The summed E-state index contributed by atoms with van der Waals surface area (Å²) in [4.78, 5) is 12.8. The van der Waals surface area contributed by atoms with Crippen LogP contribution in [0.15, 0.2) is 47.6 Å². The summed E-state index contributed by atoms with van der Waals surface area (Å²) >= 11 is 14.4. The summed E-state index contributed by atoms with van der Waals surface area (Å²) < 4.78 is 1.89. The van der Waals surface area contributed by atoms with Crippen LogP contribution in [-0.4, -0.2) is 20.7 Å². The smallest absolute Gasteiger partial charge is 0.223 e. The Balaban J connectivity index is 1.85. The number of rotatable bonds is 11. The first-order valence-corrected chi connectivity index (χ1v) is 13.0. The molecule has 0 bridgehead atoms. The summed E-state index contributed by atoms with van der Waals surface area (Å²) in [5.74, 6) is 1.40. The van der Waals surface area contributed by atoms with Gasteiger partial charge >= 0.3 is 0 Å². The third kappa shape index (κ3) is 6.98. The van der Waals surface area contributed by atoms with Gasteiger partial charge in [-0.3, -0.25) is 9.36 Å². The molecule has 2 aromatic carbocycles. The van der Waals surface area contributed by atoms with E-state index in [-0.39, 0.29) is 18.4 Å². The van der Waals surface area contributed by atoms with Crippen molar-refractivity contribution in [3.63, 3.8) is 0 Å². The third-order valence-electron chi connectivity index (χ3n) is 5.49. The highest BCUT2D eigenvalue weighted by Crippen LogP contribution is 2.31. The molecule has 0 aliphatic heterocycles. The highest BCUT2D eigenvalue weighted by molar-refractivity contribution is 7.98. The van der Waals surface area contributed by atoms with Crippen molar-refractivity contribution in [2.45, 2.75) is 63.9 Å². The van der Waals surface area contributed by atoms with Crippen molar-refractivity contribution in [1.82, 2.24) is 20.1 Å². The number of hydrogen-bond acceptors (Lipinski definition) is 4. The number of hydrogen-bond donors (Lipinski definition) is 1. The van der Waals surface area contributed by atoms with Crippen molar-refractivity contribution < 1.29 is 4.79 Å². The molecule has 0 fully saturated rings. The number of carbonyl (C=O) groups is 1. The van der Waals surface area contributed by atoms with Crippen molar-refractivity contribution >= 4 is 40.9 Å². The number of thioether (sulfide) groups is 1. The van der Waals surface area contributed by atoms with Crippen molar-refractivity contribution in [3.8, 4) is 5.69 Å². The lowest BCUT2D eigenvalue weighted by Crippen LogP contribution is -2.31. The predicted octanol–water partition coefficient (Wildman–Crippen LogP) is 7.01. The lowest BCUT2D eigenvalue weighted by Gasteiger charge is -2.16. The van der Waals surface area contributed by atoms with Gasteiger partial charge in [0.05, 0.1) is 17.3 Å². The van der Waals surface area contributed by atoms with Crippen LogP contribution >= 0.6 is 35.0 Å². The van der Waals surface area contributed by atoms with E-state index in [0.29, 0.717) is 26.7 Å². The zero-order chi connectivity index (χ0) is 23.8. The maximum atomic E-state index is 12.8. The number of unbranched alkanes of at least 4 members (excludes halogenated alkanes) is 1. The van der Waals surface area contributed by atoms with Gasteiger partial charge in [0.25, 0.3) is 0 Å². The van der Waals surface area contributed by atoms with Gasteiger partial charge in [-0.25, -0.2) is 0 Å². The SMILES string of the molecule is CCCCC(CC)C(=O)NCc1nnc(SCc2cccc(C)c2)n1-c1cc(Cl)ccc1Cl. The molecule has 0 aliphatic carbocycles. The van der Waals surface area contributed by atoms with E-state index in [0.717, 1.165) is 31.4 Å². The molecule has 1 heterocycles. The highest BCUT2D eigenvalue weighted by Gasteiger charge is 2.20. The Morgan fingerprint density at radius 3 is 2.70 bits per heavy atom. The summed E-state index contributed by atoms with van der Waals surface area (Å²) in [5, 5.41) is 13.7. The topological polar surface area (TPSA) is 59.8 Å². The fraction of sp³-hybridized carbons (Fsp3) is 0.400. The average Bonchev–Trinajstić information content (AvgIpc) is 3.21. The first-order chi connectivity index (χ1) is 15.9. The van der Waals surface area contributed by atoms with Crippen LogP contribution in [0.4, 0.5) is 0 Å². The van der Waals surface area contributed by atoms with E-state index in [4.69, 9.17) is 23.2 Å². The van der Waals surface area contributed by atoms with Crippen molar-refractivity contribution in [2.24, 2.45) is 5.92 Å². The van der Waals surface area contributed by atoms with Gasteiger partial charge in [-0.2, -0.15) is 0 Å². The van der Waals surface area contributed by atoms with Gasteiger partial charge in [-0.1, -0.05) is 91.5 Å². The largest absolute Gasteiger partial charge is 0.349 e. The Morgan fingerprint density at radius 1 is 1.15 bits per heavy atom. The second-order valence-electron chi connectivity index (χ2n) is 8.07. The molecule has 33 heavy (non-hydrogen) atoms. The number of nitrogens with zero attached hydrogens (tertiary/aromatic N) is 3. The van der Waals surface area contributed by atoms with E-state index < -0.39 is 0 Å². The van der Waals surface area contributed by atoms with Crippen LogP contribution in [-0.2, 0) is 17.1 Å². The Kier molecular flexibility index (Phi) is 9.65. The summed E-state index contributed by atoms with van der Waals surface area (Å²) in [6.45, 7) is 6.53. The zero-order valence-electron chi connectivity index (χ0n) is 19.3. The summed E-state index contributed by atoms with van der Waals surface area (Å²) in [6.07, 6.45) is 3.83. The molecule has 0 saturated heterocycles. The van der Waals surface area contributed by atoms with Crippen LogP contribution in [0.25, 0.3) is 5.69 Å². The molecule has 0 aliphatic rings. The summed E-state index contributed by atoms with van der Waals surface area (Å²) in [7, 11) is 0. The van der Waals surface area contributed by atoms with E-state index in [1.807, 2.05) is 17.6 Å². The molecule has 0 radical (unpaired) electrons. The Labute approximate surface area is 210 Å². The lowest BCUT2D eigenvalue weighted by molar-refractivity contribution is -0.125. The molecule has 5 nitrogen and oxygen atoms in total. The number of carbonyl (C=O) groups excluding carboxylic acids is 1. The van der Waals surface area contributed by atoms with Crippen LogP contribution in [0.2, 0.25) is 10.0 Å². The number of amides is 1. The molecule has 8 heteroatoms. The zero-order valence-corrected chi connectivity index (χ0v) is 21.6. The third-order valence-corrected chi connectivity index (χ3v) is 7.05. The second kappa shape index (κ2) is 12.4. The van der Waals surface area contributed by atoms with E-state index in [9.17, 15) is 4.79 Å². The highest BCUT2D eigenvalue weighted by atomic mass is 35.5. The molecule has 1 aromatic heterocycles. The molecule has 1 amide bonds. The van der Waals surface area contributed by atoms with E-state index in [1.165, 1.54) is 11.1 Å². The van der Waals surface area contributed by atoms with Gasteiger partial charge in [0.2, 0.25) is 5.91 Å². The van der Waals surface area contributed by atoms with Crippen LogP contribution in [0.1, 0.15) is 56.5 Å². The Bertz CT molecular complexity index is 1090. The molecule has 0 spiro atoms. The minimum Gasteiger partial charge on any atom is -0.349 e. The van der Waals surface area contributed by atoms with Gasteiger partial charge in [0.1, 0.15) is 0 Å². The number of nitrogens with one attached hydrogen (secondary N) is 1. The van der Waals surface area contributed by atoms with Gasteiger partial charge in [-0.15, -0.1) is 10.2 Å². The van der Waals surface area contributed by atoms with Gasteiger partial charge < -0.3 is 5.32 Å². The van der Waals surface area contributed by atoms with Crippen molar-refractivity contribution in [1.29, 1.82) is 0 Å². The summed E-state index contributed by atoms with van der Waals surface area (Å²) in [6, 6.07) is 13.7. The minimum atomic E-state index is 0.00578. The van der Waals surface area contributed by atoms with Gasteiger partial charge in [0, 0.05) is 16.7 Å². The molecule has 1 unspecified atom stereocenters. The monoisotopic (exact) mass is 504 g/mol. The van der Waals surface area contributed by atoms with E-state index in [1.54, 1.807) is 30.0 Å². The van der Waals surface area contributed by atoms with Crippen LogP contribution in [0, 0.1) is 12.8 Å². The maximum absolute atomic E-state index is 12.8. The molecule has 1 N–H and O–H groups in total. The Morgan fingerprint density at radius 2 is 1.97 bits per heavy atom. The lowest BCUT2D eigenvalue weighted by atomic mass is 9.98. The normalized spacial score (nSPS) is 12.0. The van der Waals surface area contributed by atoms with Gasteiger partial charge in [-0.05, 0) is 43.5 Å². The van der Waals surface area contributed by atoms with E-state index in [2.05, 4.69) is 47.6 Å². The van der Waals surface area contributed by atoms with Crippen LogP contribution < -0.4 is 5.32 Å². The standard InChI is InChI=1S/C25H30Cl2N4OS/c1-4-6-10-19(5-2)24(32)28-15-23-29-30-25(33-16-18-9-7-8-17(3)13-18)31(23)22-14-20(26)11-12-21(22)27/h7-9,11-14,19H,4-6,10,15-16H2,1-3H3,(H,28,32). The number of aromatic nitrogens is 3. The number of halogens is 2. The molecule has 176 valence electrons. The first kappa shape index (κ1) is 25.6. The molecule has 1 atom stereocenters. The molecule has 3 rings (SSSR count). The second-order valence-corrected chi connectivity index (χ2v) is 9.86. The number of aryl methyl sites for hydroxylation is 1. The van der Waals surface area contributed by atoms with Crippen molar-refractivity contribution in [2.75, 3.05) is 0 Å². The minimum absolute atomic E-state index is 0.00578. The first-order valence-electron chi connectivity index (χ1n) is 11.3. The molecule has 3 aromatic rings. The Hall–Kier alpha value is -2.02. The van der Waals surface area contributed by atoms with Crippen molar-refractivity contribution in [3.05, 3.63) is 69.5 Å². The molecular formula is C25H30Cl2N4OS. The molecular weight excluding hydrogens is 475 g/mol. The maximum Gasteiger partial charge on any atom is 0.223 e. The predicted molar refractivity (Wildman–Crippen MR) is 137 cm³/mol. The molecule has 0 saturated carbocycles.